The highest BCUT2D eigenvalue weighted by Gasteiger charge is 2.42. The zero-order valence-corrected chi connectivity index (χ0v) is 13.8. The molecule has 1 aromatic carbocycles. The fourth-order valence-corrected chi connectivity index (χ4v) is 3.54. The van der Waals surface area contributed by atoms with Gasteiger partial charge in [0.1, 0.15) is 6.61 Å². The van der Waals surface area contributed by atoms with Crippen molar-refractivity contribution in [3.05, 3.63) is 35.9 Å². The van der Waals surface area contributed by atoms with Gasteiger partial charge in [-0.1, -0.05) is 37.3 Å². The Bertz CT molecular complexity index is 575. The Morgan fingerprint density at radius 2 is 2.00 bits per heavy atom. The quantitative estimate of drug-likeness (QED) is 0.836. The number of carbonyl (C=O) groups is 2. The summed E-state index contributed by atoms with van der Waals surface area (Å²) in [7, 11) is 1.75. The molecule has 2 heterocycles. The van der Waals surface area contributed by atoms with E-state index in [4.69, 9.17) is 4.74 Å². The predicted molar refractivity (Wildman–Crippen MR) is 86.7 cm³/mol. The van der Waals surface area contributed by atoms with E-state index in [-0.39, 0.29) is 24.5 Å². The molecule has 2 aliphatic heterocycles. The molecular weight excluding hydrogens is 292 g/mol. The summed E-state index contributed by atoms with van der Waals surface area (Å²) in [5.74, 6) is 0.436. The molecule has 0 bridgehead atoms. The lowest BCUT2D eigenvalue weighted by molar-refractivity contribution is -0.168. The molecule has 2 amide bonds. The molecule has 0 saturated carbocycles. The van der Waals surface area contributed by atoms with Crippen LogP contribution < -0.4 is 0 Å². The van der Waals surface area contributed by atoms with Gasteiger partial charge < -0.3 is 14.5 Å². The number of carbonyl (C=O) groups excluding carboxylic acids is 2. The molecule has 0 N–H and O–H groups in total. The van der Waals surface area contributed by atoms with E-state index in [1.54, 1.807) is 11.9 Å². The van der Waals surface area contributed by atoms with Crippen LogP contribution in [0.1, 0.15) is 31.4 Å². The summed E-state index contributed by atoms with van der Waals surface area (Å²) >= 11 is 0. The number of likely N-dealkylation sites (tertiary alicyclic amines) is 1. The average molecular weight is 316 g/mol. The normalized spacial score (nSPS) is 28.8. The smallest absolute Gasteiger partial charge is 0.254 e. The van der Waals surface area contributed by atoms with E-state index in [0.717, 1.165) is 31.5 Å². The summed E-state index contributed by atoms with van der Waals surface area (Å²) in [4.78, 5) is 28.6. The average Bonchev–Trinajstić information content (AvgIpc) is 2.57. The van der Waals surface area contributed by atoms with Crippen molar-refractivity contribution < 1.29 is 14.3 Å². The Labute approximate surface area is 137 Å². The van der Waals surface area contributed by atoms with Gasteiger partial charge in [-0.3, -0.25) is 9.59 Å². The molecule has 0 radical (unpaired) electrons. The maximum absolute atomic E-state index is 13.0. The van der Waals surface area contributed by atoms with Crippen LogP contribution in [0.3, 0.4) is 0 Å². The van der Waals surface area contributed by atoms with Gasteiger partial charge in [-0.15, -0.1) is 0 Å². The van der Waals surface area contributed by atoms with Gasteiger partial charge in [-0.05, 0) is 24.3 Å². The van der Waals surface area contributed by atoms with E-state index >= 15 is 0 Å². The van der Waals surface area contributed by atoms with Crippen molar-refractivity contribution in [1.82, 2.24) is 9.80 Å². The summed E-state index contributed by atoms with van der Waals surface area (Å²) in [5.41, 5.74) is 0.937. The van der Waals surface area contributed by atoms with Crippen molar-refractivity contribution in [3.8, 4) is 0 Å². The van der Waals surface area contributed by atoms with Crippen LogP contribution in [-0.4, -0.2) is 54.5 Å². The first-order chi connectivity index (χ1) is 11.1. The number of ether oxygens (including phenoxy) is 1. The van der Waals surface area contributed by atoms with E-state index in [2.05, 4.69) is 6.92 Å². The molecule has 124 valence electrons. The minimum absolute atomic E-state index is 0.00440. The zero-order chi connectivity index (χ0) is 16.4. The number of morpholine rings is 1. The summed E-state index contributed by atoms with van der Waals surface area (Å²) < 4.78 is 5.70. The van der Waals surface area contributed by atoms with Crippen LogP contribution >= 0.6 is 0 Å². The third-order valence-corrected chi connectivity index (χ3v) is 4.84. The van der Waals surface area contributed by atoms with Crippen molar-refractivity contribution in [3.63, 3.8) is 0 Å². The van der Waals surface area contributed by atoms with Crippen LogP contribution in [0.5, 0.6) is 0 Å². The van der Waals surface area contributed by atoms with Gasteiger partial charge in [0.25, 0.3) is 5.91 Å². The fourth-order valence-electron chi connectivity index (χ4n) is 3.54. The second kappa shape index (κ2) is 6.71. The molecule has 0 spiro atoms. The lowest BCUT2D eigenvalue weighted by atomic mass is 9.95. The minimum atomic E-state index is -0.620. The molecule has 3 atom stereocenters. The lowest BCUT2D eigenvalue weighted by Gasteiger charge is -2.41. The molecule has 3 rings (SSSR count). The topological polar surface area (TPSA) is 49.9 Å². The molecule has 0 aromatic heterocycles. The first-order valence-corrected chi connectivity index (χ1v) is 8.29. The lowest BCUT2D eigenvalue weighted by Crippen LogP contribution is -2.55. The van der Waals surface area contributed by atoms with Gasteiger partial charge in [0.2, 0.25) is 5.91 Å². The number of likely N-dealkylation sites (N-methyl/N-ethyl adjacent to an activating group) is 1. The van der Waals surface area contributed by atoms with Crippen molar-refractivity contribution in [1.29, 1.82) is 0 Å². The highest BCUT2D eigenvalue weighted by atomic mass is 16.5. The second-order valence-corrected chi connectivity index (χ2v) is 6.62. The second-order valence-electron chi connectivity index (χ2n) is 6.62. The van der Waals surface area contributed by atoms with E-state index in [0.29, 0.717) is 5.92 Å². The van der Waals surface area contributed by atoms with Crippen molar-refractivity contribution >= 4 is 11.8 Å². The number of amides is 2. The molecule has 5 nitrogen and oxygen atoms in total. The third-order valence-electron chi connectivity index (χ3n) is 4.84. The summed E-state index contributed by atoms with van der Waals surface area (Å²) in [6, 6.07) is 9.31. The van der Waals surface area contributed by atoms with Gasteiger partial charge in [-0.2, -0.15) is 0 Å². The van der Waals surface area contributed by atoms with Crippen molar-refractivity contribution in [2.45, 2.75) is 31.9 Å². The van der Waals surface area contributed by atoms with Crippen LogP contribution in [0.15, 0.2) is 30.3 Å². The Morgan fingerprint density at radius 3 is 2.70 bits per heavy atom. The predicted octanol–water partition coefficient (Wildman–Crippen LogP) is 1.84. The number of nitrogens with zero attached hydrogens (tertiary/aromatic N) is 2. The molecule has 2 aliphatic rings. The molecule has 23 heavy (non-hydrogen) atoms. The summed E-state index contributed by atoms with van der Waals surface area (Å²) in [5, 5.41) is 0. The van der Waals surface area contributed by atoms with E-state index in [9.17, 15) is 9.59 Å². The van der Waals surface area contributed by atoms with Gasteiger partial charge in [0.15, 0.2) is 6.10 Å². The molecule has 1 aromatic rings. The Kier molecular flexibility index (Phi) is 4.66. The fraction of sp³-hybridized carbons (Fsp3) is 0.556. The summed E-state index contributed by atoms with van der Waals surface area (Å²) in [6.45, 7) is 3.70. The van der Waals surface area contributed by atoms with Gasteiger partial charge >= 0.3 is 0 Å². The number of hydrogen-bond acceptors (Lipinski definition) is 3. The van der Waals surface area contributed by atoms with Gasteiger partial charge in [0, 0.05) is 20.1 Å². The number of hydrogen-bond donors (Lipinski definition) is 0. The van der Waals surface area contributed by atoms with Crippen LogP contribution in [-0.2, 0) is 14.3 Å². The highest BCUT2D eigenvalue weighted by molar-refractivity contribution is 5.86. The Hall–Kier alpha value is -1.88. The van der Waals surface area contributed by atoms with Crippen molar-refractivity contribution in [2.75, 3.05) is 26.7 Å². The SMILES string of the molecule is C[C@@H]1CCCN(C(=O)[C@H]2OCC(=O)N(C)[C@@H]2c2ccccc2)C1. The van der Waals surface area contributed by atoms with E-state index < -0.39 is 6.10 Å². The Morgan fingerprint density at radius 1 is 1.26 bits per heavy atom. The number of rotatable bonds is 2. The Balaban J connectivity index is 1.86. The molecule has 0 aliphatic carbocycles. The van der Waals surface area contributed by atoms with Gasteiger partial charge in [-0.25, -0.2) is 0 Å². The minimum Gasteiger partial charge on any atom is -0.356 e. The first kappa shape index (κ1) is 16.0. The molecule has 0 unspecified atom stereocenters. The number of piperidine rings is 1. The van der Waals surface area contributed by atoms with Crippen LogP contribution in [0.4, 0.5) is 0 Å². The van der Waals surface area contributed by atoms with Crippen LogP contribution in [0.25, 0.3) is 0 Å². The van der Waals surface area contributed by atoms with Crippen LogP contribution in [0.2, 0.25) is 0 Å². The molecule has 2 fully saturated rings. The first-order valence-electron chi connectivity index (χ1n) is 8.29. The third kappa shape index (κ3) is 3.24. The molecular formula is C18H24N2O3. The maximum Gasteiger partial charge on any atom is 0.254 e. The largest absolute Gasteiger partial charge is 0.356 e. The van der Waals surface area contributed by atoms with Gasteiger partial charge in [0.05, 0.1) is 6.04 Å². The summed E-state index contributed by atoms with van der Waals surface area (Å²) in [6.07, 6.45) is 1.57. The monoisotopic (exact) mass is 316 g/mol. The standard InChI is InChI=1S/C18H24N2O3/c1-13-7-6-10-20(11-13)18(22)17-16(14-8-4-3-5-9-14)19(2)15(21)12-23-17/h3-5,8-9,13,16-17H,6-7,10-12H2,1-2H3/t13-,16-,17+/m1/s1. The van der Waals surface area contributed by atoms with Crippen molar-refractivity contribution in [2.24, 2.45) is 5.92 Å². The highest BCUT2D eigenvalue weighted by Crippen LogP contribution is 2.31. The van der Waals surface area contributed by atoms with Crippen LogP contribution in [0, 0.1) is 5.92 Å². The van der Waals surface area contributed by atoms with E-state index in [1.807, 2.05) is 35.2 Å². The zero-order valence-electron chi connectivity index (χ0n) is 13.8. The number of benzene rings is 1. The van der Waals surface area contributed by atoms with E-state index in [1.165, 1.54) is 0 Å². The molecule has 5 heteroatoms. The maximum atomic E-state index is 13.0. The molecule has 2 saturated heterocycles.